The maximum Gasteiger partial charge on any atom is 0.416 e. The lowest BCUT2D eigenvalue weighted by Crippen LogP contribution is -2.49. The number of urea groups is 1. The molecule has 2 aromatic heterocycles. The number of carbonyl (C=O) groups excluding carboxylic acids is 2. The molecule has 4 aromatic rings. The Balaban J connectivity index is 1.17. The smallest absolute Gasteiger partial charge is 0.416 e. The molecule has 2 N–H and O–H groups in total. The van der Waals surface area contributed by atoms with E-state index in [-0.39, 0.29) is 36.3 Å². The van der Waals surface area contributed by atoms with Gasteiger partial charge >= 0.3 is 12.2 Å². The van der Waals surface area contributed by atoms with Crippen LogP contribution in [0.25, 0.3) is 11.0 Å². The van der Waals surface area contributed by atoms with Crippen molar-refractivity contribution < 1.29 is 27.5 Å². The number of hydrogen-bond acceptors (Lipinski definition) is 5. The number of anilines is 1. The third-order valence-corrected chi connectivity index (χ3v) is 8.44. The number of carbonyl (C=O) groups is 2. The van der Waals surface area contributed by atoms with Crippen LogP contribution in [-0.2, 0) is 23.9 Å². The molecule has 3 amide bonds. The average molecular weight is 607 g/mol. The van der Waals surface area contributed by atoms with Crippen LogP contribution in [0.4, 0.5) is 23.7 Å². The molecule has 2 aromatic carbocycles. The summed E-state index contributed by atoms with van der Waals surface area (Å²) in [6.07, 6.45) is -0.614. The normalized spacial score (nSPS) is 17.6. The minimum Gasteiger partial charge on any atom is -0.457 e. The van der Waals surface area contributed by atoms with E-state index in [0.717, 1.165) is 22.6 Å². The first-order chi connectivity index (χ1) is 21.1. The molecular weight excluding hydrogens is 573 g/mol. The number of halogens is 3. The summed E-state index contributed by atoms with van der Waals surface area (Å²) in [6.45, 7) is 5.97. The van der Waals surface area contributed by atoms with Crippen molar-refractivity contribution in [3.05, 3.63) is 83.2 Å². The van der Waals surface area contributed by atoms with Crippen LogP contribution in [0.5, 0.6) is 11.5 Å². The van der Waals surface area contributed by atoms with E-state index in [0.29, 0.717) is 49.7 Å². The van der Waals surface area contributed by atoms with Gasteiger partial charge in [-0.25, -0.2) is 9.78 Å². The molecular formula is C32H33F3N6O3. The fourth-order valence-corrected chi connectivity index (χ4v) is 5.94. The largest absolute Gasteiger partial charge is 0.457 e. The van der Waals surface area contributed by atoms with Gasteiger partial charge in [0.25, 0.3) is 0 Å². The topological polar surface area (TPSA) is 93.8 Å². The minimum absolute atomic E-state index is 0.00675. The van der Waals surface area contributed by atoms with E-state index in [1.165, 1.54) is 17.0 Å². The first-order valence-electron chi connectivity index (χ1n) is 14.6. The number of benzene rings is 2. The van der Waals surface area contributed by atoms with E-state index < -0.39 is 17.8 Å². The summed E-state index contributed by atoms with van der Waals surface area (Å²) < 4.78 is 48.5. The van der Waals surface area contributed by atoms with Gasteiger partial charge in [0.05, 0.1) is 23.5 Å². The lowest BCUT2D eigenvalue weighted by molar-refractivity contribution is -0.141. The van der Waals surface area contributed by atoms with Crippen molar-refractivity contribution in [3.8, 4) is 11.5 Å². The number of aromatic amines is 1. The highest BCUT2D eigenvalue weighted by molar-refractivity contribution is 5.90. The molecule has 0 aliphatic carbocycles. The number of nitrogens with zero attached hydrogens (tertiary/aromatic N) is 4. The number of rotatable bonds is 6. The molecule has 0 unspecified atom stereocenters. The maximum absolute atomic E-state index is 14.1. The van der Waals surface area contributed by atoms with E-state index in [2.05, 4.69) is 15.3 Å². The van der Waals surface area contributed by atoms with Gasteiger partial charge in [0, 0.05) is 44.3 Å². The van der Waals surface area contributed by atoms with Crippen LogP contribution in [0.1, 0.15) is 42.1 Å². The number of alkyl halides is 3. The Morgan fingerprint density at radius 2 is 1.95 bits per heavy atom. The Morgan fingerprint density at radius 1 is 1.11 bits per heavy atom. The van der Waals surface area contributed by atoms with Gasteiger partial charge < -0.3 is 24.8 Å². The van der Waals surface area contributed by atoms with Gasteiger partial charge in [-0.1, -0.05) is 19.1 Å². The van der Waals surface area contributed by atoms with E-state index in [4.69, 9.17) is 4.74 Å². The second-order valence-corrected chi connectivity index (χ2v) is 11.1. The van der Waals surface area contributed by atoms with Crippen LogP contribution in [0.2, 0.25) is 0 Å². The van der Waals surface area contributed by atoms with E-state index in [1.807, 2.05) is 43.0 Å². The number of hydrogen-bond donors (Lipinski definition) is 2. The lowest BCUT2D eigenvalue weighted by Gasteiger charge is -2.35. The van der Waals surface area contributed by atoms with E-state index in [9.17, 15) is 22.8 Å². The molecule has 9 nitrogen and oxygen atoms in total. The van der Waals surface area contributed by atoms with Crippen LogP contribution >= 0.6 is 0 Å². The zero-order valence-corrected chi connectivity index (χ0v) is 24.4. The zero-order chi connectivity index (χ0) is 31.0. The number of likely N-dealkylation sites (N-methyl/N-ethyl adjacent to an activating group) is 1. The van der Waals surface area contributed by atoms with Gasteiger partial charge in [-0.2, -0.15) is 13.2 Å². The monoisotopic (exact) mass is 606 g/mol. The molecule has 0 saturated carbocycles. The predicted octanol–water partition coefficient (Wildman–Crippen LogP) is 6.19. The van der Waals surface area contributed by atoms with Gasteiger partial charge in [-0.05, 0) is 73.0 Å². The van der Waals surface area contributed by atoms with Crippen molar-refractivity contribution in [1.29, 1.82) is 0 Å². The summed E-state index contributed by atoms with van der Waals surface area (Å²) in [5.41, 5.74) is 1.86. The third-order valence-electron chi connectivity index (χ3n) is 8.44. The Kier molecular flexibility index (Phi) is 7.93. The number of piperazine rings is 1. The quantitative estimate of drug-likeness (QED) is 0.273. The highest BCUT2D eigenvalue weighted by atomic mass is 19.4. The van der Waals surface area contributed by atoms with Crippen LogP contribution in [0.3, 0.4) is 0 Å². The average Bonchev–Trinajstić information content (AvgIpc) is 3.49. The lowest BCUT2D eigenvalue weighted by atomic mass is 9.93. The number of amides is 3. The van der Waals surface area contributed by atoms with Crippen LogP contribution < -0.4 is 10.1 Å². The van der Waals surface area contributed by atoms with Gasteiger partial charge in [0.15, 0.2) is 0 Å². The molecule has 2 aliphatic rings. The Morgan fingerprint density at radius 3 is 2.73 bits per heavy atom. The minimum atomic E-state index is -4.65. The summed E-state index contributed by atoms with van der Waals surface area (Å²) in [6, 6.07) is 12.3. The van der Waals surface area contributed by atoms with E-state index in [1.54, 1.807) is 23.4 Å². The predicted molar refractivity (Wildman–Crippen MR) is 159 cm³/mol. The maximum atomic E-state index is 14.1. The molecule has 1 saturated heterocycles. The molecule has 2 aliphatic heterocycles. The van der Waals surface area contributed by atoms with Crippen molar-refractivity contribution in [2.24, 2.45) is 0 Å². The van der Waals surface area contributed by atoms with E-state index >= 15 is 0 Å². The number of aromatic nitrogens is 2. The Labute approximate surface area is 252 Å². The standard InChI is InChI=1S/C32H33F3N6O3/c1-3-39-14-15-40(29(42)19-39)18-22-4-6-23(16-27(22)32(33,34)35)38-31(43)41-13-10-21-5-7-24(17-26(21)20(41)2)44-28-9-12-37-30-25(28)8-11-36-30/h4-9,11-12,16-17,20H,3,10,13-15,18-19H2,1-2H3,(H,36,37)(H,38,43)/t20-/m0/s1. The summed E-state index contributed by atoms with van der Waals surface area (Å²) in [4.78, 5) is 38.3. The molecule has 12 heteroatoms. The molecule has 0 bridgehead atoms. The first kappa shape index (κ1) is 29.5. The molecule has 0 radical (unpaired) electrons. The SMILES string of the molecule is CCN1CCN(Cc2ccc(NC(=O)N3CCc4ccc(Oc5ccnc6[nH]ccc56)cc4[C@@H]3C)cc2C(F)(F)F)C(=O)C1. The summed E-state index contributed by atoms with van der Waals surface area (Å²) in [5.74, 6) is 1.05. The summed E-state index contributed by atoms with van der Waals surface area (Å²) in [7, 11) is 0. The summed E-state index contributed by atoms with van der Waals surface area (Å²) >= 11 is 0. The highest BCUT2D eigenvalue weighted by Crippen LogP contribution is 2.37. The third kappa shape index (κ3) is 5.94. The van der Waals surface area contributed by atoms with Gasteiger partial charge in [0.1, 0.15) is 17.1 Å². The van der Waals surface area contributed by atoms with Gasteiger partial charge in [-0.3, -0.25) is 9.69 Å². The Hall–Kier alpha value is -4.58. The summed E-state index contributed by atoms with van der Waals surface area (Å²) in [5, 5.41) is 3.51. The number of pyridine rings is 1. The fraction of sp³-hybridized carbons (Fsp3) is 0.344. The number of H-pyrrole nitrogens is 1. The van der Waals surface area contributed by atoms with Crippen LogP contribution in [0, 0.1) is 0 Å². The molecule has 0 spiro atoms. The number of ether oxygens (including phenoxy) is 1. The molecule has 44 heavy (non-hydrogen) atoms. The number of fused-ring (bicyclic) bond motifs is 2. The first-order valence-corrected chi connectivity index (χ1v) is 14.6. The van der Waals surface area contributed by atoms with Gasteiger partial charge in [-0.15, -0.1) is 0 Å². The van der Waals surface area contributed by atoms with Crippen molar-refractivity contribution in [2.75, 3.05) is 38.0 Å². The van der Waals surface area contributed by atoms with Gasteiger partial charge in [0.2, 0.25) is 5.91 Å². The highest BCUT2D eigenvalue weighted by Gasteiger charge is 2.35. The molecule has 6 rings (SSSR count). The van der Waals surface area contributed by atoms with Crippen molar-refractivity contribution in [2.45, 2.75) is 39.0 Å². The number of nitrogens with one attached hydrogen (secondary N) is 2. The van der Waals surface area contributed by atoms with Crippen LogP contribution in [-0.4, -0.2) is 69.3 Å². The molecule has 230 valence electrons. The molecule has 1 atom stereocenters. The fourth-order valence-electron chi connectivity index (χ4n) is 5.94. The van der Waals surface area contributed by atoms with Crippen LogP contribution in [0.15, 0.2) is 60.9 Å². The second-order valence-electron chi connectivity index (χ2n) is 11.1. The van der Waals surface area contributed by atoms with Crippen molar-refractivity contribution in [1.82, 2.24) is 24.7 Å². The van der Waals surface area contributed by atoms with Crippen molar-refractivity contribution in [3.63, 3.8) is 0 Å². The Bertz CT molecular complexity index is 1700. The zero-order valence-electron chi connectivity index (χ0n) is 24.4. The molecule has 1 fully saturated rings. The van der Waals surface area contributed by atoms with Crippen molar-refractivity contribution >= 4 is 28.7 Å². The second kappa shape index (κ2) is 11.8. The molecule has 4 heterocycles.